The van der Waals surface area contributed by atoms with Crippen molar-refractivity contribution in [2.45, 2.75) is 30.1 Å². The Hall–Kier alpha value is -5.78. The standard InChI is InChI=1S/C46H45BrN2O8/c1-51-36-17-11-33(12-18-36)46(34-13-19-37(52-2)20-14-34,35-15-21-38(53-3)22-16-35)49-28-32(27-48-49)29-7-9-30(10-8-29)45(56-6)44(50)40-24-23-39(57-40)31-25-41(54-4)43(47)42(26-31)55-5/h7-23,25-27,32,40,45H,24,28H2,1-6H3. The maximum Gasteiger partial charge on any atom is 0.206 e. The van der Waals surface area contributed by atoms with Crippen molar-refractivity contribution in [2.24, 2.45) is 5.10 Å². The number of hydrogen-bond acceptors (Lipinski definition) is 10. The Labute approximate surface area is 341 Å². The van der Waals surface area contributed by atoms with Crippen LogP contribution in [0, 0.1) is 0 Å². The summed E-state index contributed by atoms with van der Waals surface area (Å²) in [6.45, 7) is 0.575. The van der Waals surface area contributed by atoms with Gasteiger partial charge in [-0.1, -0.05) is 60.7 Å². The highest BCUT2D eigenvalue weighted by Gasteiger charge is 2.45. The highest BCUT2D eigenvalue weighted by Crippen LogP contribution is 2.46. The zero-order chi connectivity index (χ0) is 40.1. The van der Waals surface area contributed by atoms with E-state index in [4.69, 9.17) is 38.3 Å². The fraction of sp³-hybridized carbons (Fsp3) is 0.261. The molecule has 0 aliphatic carbocycles. The van der Waals surface area contributed by atoms with Gasteiger partial charge in [0.15, 0.2) is 6.10 Å². The van der Waals surface area contributed by atoms with Crippen molar-refractivity contribution in [3.63, 3.8) is 0 Å². The van der Waals surface area contributed by atoms with Crippen LogP contribution in [0.1, 0.15) is 51.8 Å². The number of ketones is 1. The number of ether oxygens (including phenoxy) is 7. The number of carbonyl (C=O) groups excluding carboxylic acids is 1. The quantitative estimate of drug-likeness (QED) is 0.0959. The van der Waals surface area contributed by atoms with Crippen LogP contribution >= 0.6 is 15.9 Å². The van der Waals surface area contributed by atoms with Gasteiger partial charge < -0.3 is 33.2 Å². The van der Waals surface area contributed by atoms with Gasteiger partial charge in [0.2, 0.25) is 5.78 Å². The van der Waals surface area contributed by atoms with Crippen molar-refractivity contribution >= 4 is 33.7 Å². The lowest BCUT2D eigenvalue weighted by molar-refractivity contribution is -0.136. The second kappa shape index (κ2) is 17.2. The number of methoxy groups -OCH3 is 6. The van der Waals surface area contributed by atoms with Crippen LogP contribution in [-0.2, 0) is 19.8 Å². The molecule has 10 nitrogen and oxygen atoms in total. The zero-order valence-corrected chi connectivity index (χ0v) is 34.3. The zero-order valence-electron chi connectivity index (χ0n) is 32.7. The number of rotatable bonds is 15. The molecule has 5 aromatic carbocycles. The first kappa shape index (κ1) is 39.5. The Morgan fingerprint density at radius 2 is 1.21 bits per heavy atom. The van der Waals surface area contributed by atoms with Crippen LogP contribution in [0.5, 0.6) is 28.7 Å². The third-order valence-electron chi connectivity index (χ3n) is 10.7. The lowest BCUT2D eigenvalue weighted by Gasteiger charge is -2.43. The molecule has 0 N–H and O–H groups in total. The van der Waals surface area contributed by atoms with Gasteiger partial charge in [0.25, 0.3) is 0 Å². The first-order valence-corrected chi connectivity index (χ1v) is 19.3. The van der Waals surface area contributed by atoms with Crippen molar-refractivity contribution in [1.29, 1.82) is 0 Å². The third-order valence-corrected chi connectivity index (χ3v) is 11.4. The predicted octanol–water partition coefficient (Wildman–Crippen LogP) is 8.96. The summed E-state index contributed by atoms with van der Waals surface area (Å²) in [6.07, 6.45) is 2.80. The van der Waals surface area contributed by atoms with Crippen LogP contribution in [0.25, 0.3) is 5.76 Å². The molecule has 0 saturated carbocycles. The van der Waals surface area contributed by atoms with Gasteiger partial charge in [0.05, 0.1) is 35.5 Å². The Morgan fingerprint density at radius 3 is 1.65 bits per heavy atom. The van der Waals surface area contributed by atoms with E-state index >= 15 is 0 Å². The molecule has 2 heterocycles. The molecule has 0 fully saturated rings. The maximum atomic E-state index is 13.9. The van der Waals surface area contributed by atoms with E-state index in [0.29, 0.717) is 34.7 Å². The topological polar surface area (TPSA) is 97.3 Å². The lowest BCUT2D eigenvalue weighted by Crippen LogP contribution is -2.45. The molecule has 5 aromatic rings. The van der Waals surface area contributed by atoms with E-state index < -0.39 is 17.7 Å². The molecule has 2 aliphatic rings. The van der Waals surface area contributed by atoms with Crippen molar-refractivity contribution in [2.75, 3.05) is 49.2 Å². The molecule has 7 rings (SSSR count). The van der Waals surface area contributed by atoms with Crippen molar-refractivity contribution < 1.29 is 38.0 Å². The van der Waals surface area contributed by atoms with Gasteiger partial charge in [-0.15, -0.1) is 0 Å². The summed E-state index contributed by atoms with van der Waals surface area (Å²) in [6, 6.07) is 36.1. The number of hydrazone groups is 1. The van der Waals surface area contributed by atoms with Crippen molar-refractivity contribution in [1.82, 2.24) is 5.01 Å². The minimum atomic E-state index is -0.829. The molecule has 3 unspecified atom stereocenters. The molecule has 57 heavy (non-hydrogen) atoms. The Kier molecular flexibility index (Phi) is 11.9. The molecule has 0 amide bonds. The molecule has 0 aromatic heterocycles. The largest absolute Gasteiger partial charge is 0.497 e. The summed E-state index contributed by atoms with van der Waals surface area (Å²) in [5, 5.41) is 7.28. The number of benzene rings is 5. The SMILES string of the molecule is COc1ccc(C(c2ccc(OC)cc2)(c2ccc(OC)cc2)N2CC(c3ccc(C(OC)C(=O)C4CC=C(c5cc(OC)c(Br)c(OC)c5)O4)cc3)C=N2)cc1. The van der Waals surface area contributed by atoms with E-state index in [0.717, 1.165) is 50.6 Å². The smallest absolute Gasteiger partial charge is 0.206 e. The summed E-state index contributed by atoms with van der Waals surface area (Å²) in [5.41, 5.74) is 4.76. The van der Waals surface area contributed by atoms with Gasteiger partial charge in [-0.2, -0.15) is 5.10 Å². The normalized spacial score (nSPS) is 16.8. The second-order valence-corrected chi connectivity index (χ2v) is 14.4. The van der Waals surface area contributed by atoms with Gasteiger partial charge in [-0.3, -0.25) is 9.80 Å². The molecule has 3 atom stereocenters. The maximum absolute atomic E-state index is 13.9. The van der Waals surface area contributed by atoms with Crippen LogP contribution in [0.15, 0.2) is 125 Å². The summed E-state index contributed by atoms with van der Waals surface area (Å²) in [4.78, 5) is 13.9. The van der Waals surface area contributed by atoms with E-state index in [1.165, 1.54) is 0 Å². The average molecular weight is 834 g/mol. The number of hydrogen-bond donors (Lipinski definition) is 0. The first-order chi connectivity index (χ1) is 27.8. The molecule has 0 radical (unpaired) electrons. The van der Waals surface area contributed by atoms with E-state index in [2.05, 4.69) is 57.3 Å². The van der Waals surface area contributed by atoms with E-state index in [-0.39, 0.29) is 11.7 Å². The van der Waals surface area contributed by atoms with Crippen molar-refractivity contribution in [3.8, 4) is 28.7 Å². The van der Waals surface area contributed by atoms with Crippen molar-refractivity contribution in [3.05, 3.63) is 153 Å². The van der Waals surface area contributed by atoms with Crippen LogP contribution in [-0.4, -0.2) is 72.3 Å². The number of nitrogens with zero attached hydrogens (tertiary/aromatic N) is 2. The molecule has 0 saturated heterocycles. The minimum Gasteiger partial charge on any atom is -0.497 e. The molecule has 2 aliphatic heterocycles. The van der Waals surface area contributed by atoms with Gasteiger partial charge >= 0.3 is 0 Å². The van der Waals surface area contributed by atoms with E-state index in [9.17, 15) is 4.79 Å². The first-order valence-electron chi connectivity index (χ1n) is 18.5. The molecule has 0 spiro atoms. The average Bonchev–Trinajstić information content (AvgIpc) is 3.97. The van der Waals surface area contributed by atoms with Crippen LogP contribution < -0.4 is 23.7 Å². The Balaban J connectivity index is 1.15. The van der Waals surface area contributed by atoms with Gasteiger partial charge in [0.1, 0.15) is 50.6 Å². The van der Waals surface area contributed by atoms with Gasteiger partial charge in [-0.05, 0) is 98.4 Å². The second-order valence-electron chi connectivity index (χ2n) is 13.6. The molecular weight excluding hydrogens is 788 g/mol. The fourth-order valence-corrected chi connectivity index (χ4v) is 8.19. The number of carbonyl (C=O) groups is 1. The molecule has 0 bridgehead atoms. The molecule has 294 valence electrons. The predicted molar refractivity (Wildman–Crippen MR) is 223 cm³/mol. The number of halogens is 1. The molecule has 11 heteroatoms. The van der Waals surface area contributed by atoms with E-state index in [1.807, 2.05) is 85.1 Å². The van der Waals surface area contributed by atoms with Crippen LogP contribution in [0.2, 0.25) is 0 Å². The Morgan fingerprint density at radius 1 is 0.719 bits per heavy atom. The summed E-state index contributed by atoms with van der Waals surface area (Å²) < 4.78 is 40.4. The minimum absolute atomic E-state index is 0.0466. The van der Waals surface area contributed by atoms with Crippen LogP contribution in [0.3, 0.4) is 0 Å². The van der Waals surface area contributed by atoms with Gasteiger partial charge in [0, 0.05) is 37.8 Å². The lowest BCUT2D eigenvalue weighted by atomic mass is 9.76. The number of Topliss-reactive ketones (excluding diaryl/α,β-unsaturated/α-hetero) is 1. The highest BCUT2D eigenvalue weighted by molar-refractivity contribution is 9.10. The highest BCUT2D eigenvalue weighted by atomic mass is 79.9. The van der Waals surface area contributed by atoms with Crippen LogP contribution in [0.4, 0.5) is 0 Å². The summed E-state index contributed by atoms with van der Waals surface area (Å²) in [7, 11) is 9.71. The third kappa shape index (κ3) is 7.57. The summed E-state index contributed by atoms with van der Waals surface area (Å²) >= 11 is 3.51. The van der Waals surface area contributed by atoms with E-state index in [1.54, 1.807) is 42.7 Å². The Bertz CT molecular complexity index is 2100. The fourth-order valence-electron chi connectivity index (χ4n) is 7.64. The summed E-state index contributed by atoms with van der Waals surface area (Å²) in [5.74, 6) is 3.85. The monoisotopic (exact) mass is 832 g/mol. The molecular formula is C46H45BrN2O8. The van der Waals surface area contributed by atoms with Gasteiger partial charge in [-0.25, -0.2) is 0 Å².